The van der Waals surface area contributed by atoms with Crippen LogP contribution in [-0.4, -0.2) is 79.7 Å². The monoisotopic (exact) mass is 541 g/mol. The van der Waals surface area contributed by atoms with Gasteiger partial charge in [0, 0.05) is 45.2 Å². The fraction of sp³-hybridized carbons (Fsp3) is 0.533. The molecular weight excluding hydrogens is 502 g/mol. The van der Waals surface area contributed by atoms with Crippen LogP contribution in [0.3, 0.4) is 0 Å². The third-order valence-electron chi connectivity index (χ3n) is 8.61. The highest BCUT2D eigenvalue weighted by atomic mass is 35.5. The van der Waals surface area contributed by atoms with Crippen molar-refractivity contribution in [1.29, 1.82) is 0 Å². The summed E-state index contributed by atoms with van der Waals surface area (Å²) in [7, 11) is 1.70. The molecule has 0 aliphatic carbocycles. The molecule has 0 saturated carbocycles. The molecule has 0 N–H and O–H groups in total. The first-order valence-electron chi connectivity index (χ1n) is 13.6. The van der Waals surface area contributed by atoms with Crippen LogP contribution in [0.2, 0.25) is 0 Å². The molecule has 3 saturated heterocycles. The van der Waals surface area contributed by atoms with Crippen LogP contribution in [0.4, 0.5) is 4.79 Å². The second kappa shape index (κ2) is 12.4. The first-order valence-corrected chi connectivity index (χ1v) is 13.6. The lowest BCUT2D eigenvalue weighted by molar-refractivity contribution is -0.137. The van der Waals surface area contributed by atoms with Crippen LogP contribution in [0.1, 0.15) is 43.2 Å². The van der Waals surface area contributed by atoms with E-state index in [1.54, 1.807) is 12.0 Å². The van der Waals surface area contributed by atoms with E-state index in [1.807, 2.05) is 37.3 Å². The summed E-state index contributed by atoms with van der Waals surface area (Å²) in [6, 6.07) is 18.5. The predicted octanol–water partition coefficient (Wildman–Crippen LogP) is 4.80. The van der Waals surface area contributed by atoms with Crippen LogP contribution in [0.5, 0.6) is 5.75 Å². The minimum absolute atomic E-state index is 0. The molecule has 0 bridgehead atoms. The maximum Gasteiger partial charge on any atom is 0.409 e. The van der Waals surface area contributed by atoms with Gasteiger partial charge in [-0.3, -0.25) is 9.69 Å². The predicted molar refractivity (Wildman–Crippen MR) is 150 cm³/mol. The lowest BCUT2D eigenvalue weighted by Gasteiger charge is -2.40. The Kier molecular flexibility index (Phi) is 9.21. The minimum atomic E-state index is -0.320. The van der Waals surface area contributed by atoms with E-state index in [0.717, 1.165) is 56.9 Å². The fourth-order valence-corrected chi connectivity index (χ4v) is 6.45. The number of amides is 2. The molecule has 2 atom stereocenters. The third-order valence-corrected chi connectivity index (χ3v) is 8.61. The van der Waals surface area contributed by atoms with Crippen molar-refractivity contribution in [2.45, 2.75) is 38.6 Å². The molecule has 7 nitrogen and oxygen atoms in total. The van der Waals surface area contributed by atoms with E-state index in [1.165, 1.54) is 12.0 Å². The first-order chi connectivity index (χ1) is 18.0. The maximum atomic E-state index is 13.8. The molecular formula is C30H40ClN3O4. The highest BCUT2D eigenvalue weighted by molar-refractivity contribution is 5.85. The van der Waals surface area contributed by atoms with Gasteiger partial charge in [0.25, 0.3) is 0 Å². The average molecular weight is 542 g/mol. The number of carbonyl (C=O) groups is 2. The molecule has 0 unspecified atom stereocenters. The molecule has 3 aliphatic rings. The zero-order valence-corrected chi connectivity index (χ0v) is 23.3. The van der Waals surface area contributed by atoms with Gasteiger partial charge in [0.2, 0.25) is 5.91 Å². The average Bonchev–Trinajstić information content (AvgIpc) is 3.55. The van der Waals surface area contributed by atoms with Crippen molar-refractivity contribution in [3.05, 3.63) is 65.7 Å². The minimum Gasteiger partial charge on any atom is -0.497 e. The Hall–Kier alpha value is -2.77. The van der Waals surface area contributed by atoms with E-state index in [2.05, 4.69) is 34.1 Å². The number of halogens is 1. The van der Waals surface area contributed by atoms with Crippen molar-refractivity contribution in [3.8, 4) is 5.75 Å². The maximum absolute atomic E-state index is 13.8. The van der Waals surface area contributed by atoms with Crippen molar-refractivity contribution < 1.29 is 19.1 Å². The number of methoxy groups -OCH3 is 1. The summed E-state index contributed by atoms with van der Waals surface area (Å²) < 4.78 is 10.5. The summed E-state index contributed by atoms with van der Waals surface area (Å²) >= 11 is 0. The van der Waals surface area contributed by atoms with Crippen molar-refractivity contribution >= 4 is 24.4 Å². The van der Waals surface area contributed by atoms with E-state index < -0.39 is 0 Å². The van der Waals surface area contributed by atoms with Gasteiger partial charge in [0.1, 0.15) is 5.75 Å². The van der Waals surface area contributed by atoms with Gasteiger partial charge >= 0.3 is 6.09 Å². The number of benzene rings is 2. The molecule has 0 radical (unpaired) electrons. The third kappa shape index (κ3) is 6.10. The van der Waals surface area contributed by atoms with Crippen molar-refractivity contribution in [1.82, 2.24) is 14.7 Å². The Bertz CT molecular complexity index is 1070. The first kappa shape index (κ1) is 28.2. The number of rotatable bonds is 6. The van der Waals surface area contributed by atoms with Gasteiger partial charge in [-0.2, -0.15) is 0 Å². The quantitative estimate of drug-likeness (QED) is 0.525. The van der Waals surface area contributed by atoms with Gasteiger partial charge in [-0.05, 0) is 61.4 Å². The molecule has 38 heavy (non-hydrogen) atoms. The SMILES string of the molecule is CCOC(=O)N1C[C@H](c2ccccc2)[C@H](C(=O)N2CCC3(CCN(Cc4ccc(OC)cc4)C3)CC2)C1.Cl. The van der Waals surface area contributed by atoms with Crippen LogP contribution in [-0.2, 0) is 16.1 Å². The molecule has 5 rings (SSSR count). The highest BCUT2D eigenvalue weighted by Crippen LogP contribution is 2.42. The summed E-state index contributed by atoms with van der Waals surface area (Å²) in [5, 5.41) is 0. The molecule has 3 aliphatic heterocycles. The molecule has 0 aromatic heterocycles. The summed E-state index contributed by atoms with van der Waals surface area (Å²) in [6.07, 6.45) is 2.96. The largest absolute Gasteiger partial charge is 0.497 e. The van der Waals surface area contributed by atoms with Gasteiger partial charge in [0.15, 0.2) is 0 Å². The second-order valence-electron chi connectivity index (χ2n) is 10.9. The highest BCUT2D eigenvalue weighted by Gasteiger charge is 2.46. The normalized spacial score (nSPS) is 22.8. The Labute approximate surface area is 232 Å². The molecule has 2 amide bonds. The molecule has 2 aromatic carbocycles. The lowest BCUT2D eigenvalue weighted by atomic mass is 9.77. The molecule has 1 spiro atoms. The number of carbonyl (C=O) groups excluding carboxylic acids is 2. The molecule has 3 fully saturated rings. The summed E-state index contributed by atoms with van der Waals surface area (Å²) in [6.45, 7) is 7.86. The van der Waals surface area contributed by atoms with Crippen molar-refractivity contribution in [2.24, 2.45) is 11.3 Å². The topological polar surface area (TPSA) is 62.3 Å². The smallest absolute Gasteiger partial charge is 0.409 e. The van der Waals surface area contributed by atoms with E-state index in [-0.39, 0.29) is 36.2 Å². The number of hydrogen-bond donors (Lipinski definition) is 0. The summed E-state index contributed by atoms with van der Waals surface area (Å²) in [5.74, 6) is 0.848. The standard InChI is InChI=1S/C30H39N3O4.ClH/c1-3-37-29(35)33-20-26(24-7-5-4-6-8-24)27(21-33)28(34)32-17-14-30(15-18-32)13-16-31(22-30)19-23-9-11-25(36-2)12-10-23;/h4-12,26-27H,3,13-22H2,1-2H3;1H/t26-,27-;/m1./s1. The van der Waals surface area contributed by atoms with Gasteiger partial charge in [-0.15, -0.1) is 12.4 Å². The van der Waals surface area contributed by atoms with Gasteiger partial charge in [-0.1, -0.05) is 42.5 Å². The summed E-state index contributed by atoms with van der Waals surface area (Å²) in [4.78, 5) is 32.6. The zero-order chi connectivity index (χ0) is 25.8. The second-order valence-corrected chi connectivity index (χ2v) is 10.9. The number of ether oxygens (including phenoxy) is 2. The van der Waals surface area contributed by atoms with Crippen LogP contribution in [0.15, 0.2) is 54.6 Å². The van der Waals surface area contributed by atoms with Crippen LogP contribution >= 0.6 is 12.4 Å². The van der Waals surface area contributed by atoms with Gasteiger partial charge in [0.05, 0.1) is 19.6 Å². The fourth-order valence-electron chi connectivity index (χ4n) is 6.45. The Morgan fingerprint density at radius 1 is 0.921 bits per heavy atom. The van der Waals surface area contributed by atoms with E-state index in [9.17, 15) is 9.59 Å². The van der Waals surface area contributed by atoms with Crippen LogP contribution in [0, 0.1) is 11.3 Å². The number of nitrogens with zero attached hydrogens (tertiary/aromatic N) is 3. The van der Waals surface area contributed by atoms with Crippen molar-refractivity contribution in [3.63, 3.8) is 0 Å². The van der Waals surface area contributed by atoms with Gasteiger partial charge < -0.3 is 19.3 Å². The molecule has 3 heterocycles. The Balaban J connectivity index is 0.00000336. The van der Waals surface area contributed by atoms with E-state index in [0.29, 0.717) is 25.1 Å². The number of likely N-dealkylation sites (tertiary alicyclic amines) is 3. The van der Waals surface area contributed by atoms with Crippen LogP contribution < -0.4 is 4.74 Å². The van der Waals surface area contributed by atoms with Gasteiger partial charge in [-0.25, -0.2) is 4.79 Å². The number of piperidine rings is 1. The van der Waals surface area contributed by atoms with Crippen LogP contribution in [0.25, 0.3) is 0 Å². The van der Waals surface area contributed by atoms with E-state index >= 15 is 0 Å². The summed E-state index contributed by atoms with van der Waals surface area (Å²) in [5.41, 5.74) is 2.73. The zero-order valence-electron chi connectivity index (χ0n) is 22.5. The molecule has 2 aromatic rings. The Morgan fingerprint density at radius 2 is 1.61 bits per heavy atom. The number of hydrogen-bond acceptors (Lipinski definition) is 5. The molecule has 206 valence electrons. The molecule has 8 heteroatoms. The lowest BCUT2D eigenvalue weighted by Crippen LogP contribution is -2.47. The van der Waals surface area contributed by atoms with Crippen molar-refractivity contribution in [2.75, 3.05) is 53.0 Å². The Morgan fingerprint density at radius 3 is 2.26 bits per heavy atom. The van der Waals surface area contributed by atoms with E-state index in [4.69, 9.17) is 9.47 Å².